The number of anilines is 2. The summed E-state index contributed by atoms with van der Waals surface area (Å²) in [6.45, 7) is 6.66. The van der Waals surface area contributed by atoms with Crippen molar-refractivity contribution in [3.05, 3.63) is 74.5 Å². The fourth-order valence-electron chi connectivity index (χ4n) is 5.58. The van der Waals surface area contributed by atoms with Gasteiger partial charge in [0, 0.05) is 34.4 Å². The number of halogens is 1. The number of dihydropyridines is 1. The van der Waals surface area contributed by atoms with Crippen LogP contribution in [0.15, 0.2) is 63.4 Å². The molecule has 10 heteroatoms. The summed E-state index contributed by atoms with van der Waals surface area (Å²) < 4.78 is 33.0. The molecule has 2 aromatic carbocycles. The van der Waals surface area contributed by atoms with Gasteiger partial charge < -0.3 is 15.4 Å². The number of ether oxygens (including phenoxy) is 1. The lowest BCUT2D eigenvalue weighted by atomic mass is 9.72. The third-order valence-electron chi connectivity index (χ3n) is 7.21. The zero-order chi connectivity index (χ0) is 29.0. The van der Waals surface area contributed by atoms with Gasteiger partial charge in [0.05, 0.1) is 41.8 Å². The highest BCUT2D eigenvalue weighted by atomic mass is 79.9. The monoisotopic (exact) mass is 626 g/mol. The Hall–Kier alpha value is -3.29. The van der Waals surface area contributed by atoms with Crippen LogP contribution in [0, 0.1) is 17.2 Å². The van der Waals surface area contributed by atoms with Crippen LogP contribution in [0.1, 0.15) is 63.5 Å². The highest BCUT2D eigenvalue weighted by molar-refractivity contribution is 9.10. The Morgan fingerprint density at radius 3 is 2.62 bits per heavy atom. The first-order valence-electron chi connectivity index (χ1n) is 13.5. The van der Waals surface area contributed by atoms with Crippen LogP contribution in [0.4, 0.5) is 11.4 Å². The predicted molar refractivity (Wildman–Crippen MR) is 161 cm³/mol. The molecule has 0 saturated carbocycles. The van der Waals surface area contributed by atoms with E-state index in [4.69, 9.17) is 4.74 Å². The topological polar surface area (TPSA) is 120 Å². The van der Waals surface area contributed by atoms with Crippen LogP contribution in [0.3, 0.4) is 0 Å². The summed E-state index contributed by atoms with van der Waals surface area (Å²) >= 11 is 3.70. The van der Waals surface area contributed by atoms with Crippen molar-refractivity contribution >= 4 is 43.1 Å². The van der Waals surface area contributed by atoms with Crippen LogP contribution < -0.4 is 20.1 Å². The second-order valence-electron chi connectivity index (χ2n) is 10.3. The van der Waals surface area contributed by atoms with Gasteiger partial charge in [-0.1, -0.05) is 31.5 Å². The number of benzene rings is 2. The van der Waals surface area contributed by atoms with E-state index in [1.165, 1.54) is 0 Å². The molecule has 1 aliphatic heterocycles. The van der Waals surface area contributed by atoms with E-state index in [0.717, 1.165) is 48.0 Å². The van der Waals surface area contributed by atoms with Crippen molar-refractivity contribution in [2.75, 3.05) is 22.9 Å². The first-order chi connectivity index (χ1) is 19.1. The summed E-state index contributed by atoms with van der Waals surface area (Å²) in [5.41, 5.74) is 5.63. The number of nitriles is 1. The Morgan fingerprint density at radius 2 is 1.95 bits per heavy atom. The number of rotatable bonds is 10. The lowest BCUT2D eigenvalue weighted by molar-refractivity contribution is -0.117. The first kappa shape index (κ1) is 29.7. The van der Waals surface area contributed by atoms with Gasteiger partial charge in [-0.15, -0.1) is 0 Å². The van der Waals surface area contributed by atoms with Gasteiger partial charge in [0.2, 0.25) is 10.0 Å². The van der Waals surface area contributed by atoms with E-state index in [1.54, 1.807) is 12.1 Å². The molecule has 40 heavy (non-hydrogen) atoms. The van der Waals surface area contributed by atoms with E-state index in [2.05, 4.69) is 44.3 Å². The smallest absolute Gasteiger partial charge is 0.229 e. The van der Waals surface area contributed by atoms with Gasteiger partial charge in [-0.2, -0.15) is 5.26 Å². The van der Waals surface area contributed by atoms with Crippen molar-refractivity contribution in [2.45, 2.75) is 58.9 Å². The number of nitrogens with zero attached hydrogens (tertiary/aromatic N) is 1. The number of ketones is 1. The zero-order valence-electron chi connectivity index (χ0n) is 23.2. The van der Waals surface area contributed by atoms with Gasteiger partial charge in [-0.25, -0.2) is 8.42 Å². The minimum atomic E-state index is -3.44. The van der Waals surface area contributed by atoms with Crippen LogP contribution in [0.2, 0.25) is 0 Å². The summed E-state index contributed by atoms with van der Waals surface area (Å²) in [6, 6.07) is 13.4. The van der Waals surface area contributed by atoms with E-state index in [0.29, 0.717) is 58.2 Å². The average Bonchev–Trinajstić information content (AvgIpc) is 2.87. The highest BCUT2D eigenvalue weighted by Gasteiger charge is 2.38. The van der Waals surface area contributed by atoms with Crippen LogP contribution in [-0.4, -0.2) is 27.1 Å². The Bertz CT molecular complexity index is 1520. The number of Topliss-reactive ketones (excluding diaryl/α,β-unsaturated/α-hetero) is 1. The van der Waals surface area contributed by atoms with Gasteiger partial charge in [0.25, 0.3) is 0 Å². The molecular formula is C30H35BrN4O4S. The minimum Gasteiger partial charge on any atom is -0.492 e. The lowest BCUT2D eigenvalue weighted by Gasteiger charge is -2.35. The molecule has 0 amide bonds. The molecule has 8 nitrogen and oxygen atoms in total. The van der Waals surface area contributed by atoms with E-state index in [9.17, 15) is 18.5 Å². The molecule has 2 atom stereocenters. The number of para-hydroxylation sites is 1. The van der Waals surface area contributed by atoms with Gasteiger partial charge >= 0.3 is 0 Å². The molecule has 2 aliphatic rings. The Morgan fingerprint density at radius 1 is 1.20 bits per heavy atom. The molecular weight excluding hydrogens is 592 g/mol. The first-order valence-corrected chi connectivity index (χ1v) is 16.1. The number of nitrogens with one attached hydrogen (secondary N) is 3. The SMILES string of the molecule is CCCC1CC(=O)C2=C(C1)NC(C)=C(C#N)C2c1cc(Br)c(NCc2ccccc2NS(C)(=O)=O)c(OCC)c1. The lowest BCUT2D eigenvalue weighted by Crippen LogP contribution is -2.34. The summed E-state index contributed by atoms with van der Waals surface area (Å²) in [4.78, 5) is 13.5. The molecule has 0 fully saturated rings. The summed E-state index contributed by atoms with van der Waals surface area (Å²) in [5.74, 6) is 0.477. The molecule has 3 N–H and O–H groups in total. The van der Waals surface area contributed by atoms with Crippen molar-refractivity contribution in [3.8, 4) is 11.8 Å². The number of allylic oxidation sites excluding steroid dienone is 4. The van der Waals surface area contributed by atoms with Crippen molar-refractivity contribution in [2.24, 2.45) is 5.92 Å². The van der Waals surface area contributed by atoms with Crippen molar-refractivity contribution in [3.63, 3.8) is 0 Å². The van der Waals surface area contributed by atoms with Crippen molar-refractivity contribution < 1.29 is 17.9 Å². The largest absolute Gasteiger partial charge is 0.492 e. The van der Waals surface area contributed by atoms with Crippen LogP contribution in [0.5, 0.6) is 5.75 Å². The minimum absolute atomic E-state index is 0.0868. The molecule has 0 saturated heterocycles. The van der Waals surface area contributed by atoms with E-state index >= 15 is 0 Å². The van der Waals surface area contributed by atoms with Gasteiger partial charge in [-0.3, -0.25) is 9.52 Å². The highest BCUT2D eigenvalue weighted by Crippen LogP contribution is 2.46. The van der Waals surface area contributed by atoms with E-state index < -0.39 is 15.9 Å². The molecule has 0 radical (unpaired) electrons. The molecule has 2 aromatic rings. The number of hydrogen-bond acceptors (Lipinski definition) is 7. The molecule has 2 unspecified atom stereocenters. The second-order valence-corrected chi connectivity index (χ2v) is 12.9. The van der Waals surface area contributed by atoms with Gasteiger partial charge in [0.1, 0.15) is 5.75 Å². The van der Waals surface area contributed by atoms with Gasteiger partial charge in [-0.05, 0) is 77.9 Å². The molecule has 1 aliphatic carbocycles. The summed E-state index contributed by atoms with van der Waals surface area (Å²) in [7, 11) is -3.44. The zero-order valence-corrected chi connectivity index (χ0v) is 25.6. The molecule has 4 rings (SSSR count). The van der Waals surface area contributed by atoms with Gasteiger partial charge in [0.15, 0.2) is 5.78 Å². The third-order valence-corrected chi connectivity index (χ3v) is 8.42. The molecule has 0 aromatic heterocycles. The predicted octanol–water partition coefficient (Wildman–Crippen LogP) is 6.35. The van der Waals surface area contributed by atoms with E-state index in [1.807, 2.05) is 38.1 Å². The third kappa shape index (κ3) is 6.53. The quantitative estimate of drug-likeness (QED) is 0.281. The Kier molecular flexibility index (Phi) is 9.26. The Balaban J connectivity index is 1.73. The number of sulfonamides is 1. The maximum atomic E-state index is 13.5. The standard InChI is InChI=1S/C30H35BrN4O4S/c1-5-9-19-12-25-29(26(36)13-19)28(22(16-32)18(3)34-25)21-14-23(31)30(27(15-21)39-6-2)33-17-20-10-7-8-11-24(20)35-40(4,37)38/h7-8,10-11,14-15,19,28,33-35H,5-6,9,12-13,17H2,1-4H3. The van der Waals surface area contributed by atoms with Crippen LogP contribution in [-0.2, 0) is 21.4 Å². The normalized spacial score (nSPS) is 19.1. The number of carbonyl (C=O) groups is 1. The molecule has 0 bridgehead atoms. The molecule has 212 valence electrons. The van der Waals surface area contributed by atoms with E-state index in [-0.39, 0.29) is 5.78 Å². The fraction of sp³-hybridized carbons (Fsp3) is 0.400. The van der Waals surface area contributed by atoms with Crippen molar-refractivity contribution in [1.82, 2.24) is 5.32 Å². The summed E-state index contributed by atoms with van der Waals surface area (Å²) in [6.07, 6.45) is 4.42. The molecule has 1 heterocycles. The fourth-order valence-corrected chi connectivity index (χ4v) is 6.78. The number of hydrogen-bond donors (Lipinski definition) is 3. The second kappa shape index (κ2) is 12.5. The maximum absolute atomic E-state index is 13.5. The maximum Gasteiger partial charge on any atom is 0.229 e. The summed E-state index contributed by atoms with van der Waals surface area (Å²) in [5, 5.41) is 16.9. The van der Waals surface area contributed by atoms with Crippen LogP contribution in [0.25, 0.3) is 0 Å². The number of carbonyl (C=O) groups excluding carboxylic acids is 1. The Labute approximate surface area is 245 Å². The average molecular weight is 628 g/mol. The van der Waals surface area contributed by atoms with Crippen molar-refractivity contribution in [1.29, 1.82) is 5.26 Å². The van der Waals surface area contributed by atoms with Crippen LogP contribution >= 0.6 is 15.9 Å². The molecule has 0 spiro atoms.